The Balaban J connectivity index is 1.81. The van der Waals surface area contributed by atoms with Gasteiger partial charge in [-0.15, -0.1) is 5.53 Å². The summed E-state index contributed by atoms with van der Waals surface area (Å²) in [4.78, 5) is 23.9. The second-order valence-corrected chi connectivity index (χ2v) is 6.25. The van der Waals surface area contributed by atoms with Gasteiger partial charge in [0, 0.05) is 12.6 Å². The molecule has 0 unspecified atom stereocenters. The molecule has 9 heteroatoms. The number of hydrogen-bond donors (Lipinski definition) is 4. The van der Waals surface area contributed by atoms with Crippen molar-refractivity contribution >= 4 is 17.7 Å². The fourth-order valence-corrected chi connectivity index (χ4v) is 2.39. The number of amides is 2. The summed E-state index contributed by atoms with van der Waals surface area (Å²) in [6.07, 6.45) is -0.138. The van der Waals surface area contributed by atoms with E-state index in [1.807, 2.05) is 0 Å². The minimum absolute atomic E-state index is 0.123. The molecule has 0 aliphatic rings. The third kappa shape index (κ3) is 6.96. The molecule has 0 aliphatic heterocycles. The number of anilines is 1. The molecule has 8 nitrogen and oxygen atoms in total. The van der Waals surface area contributed by atoms with Crippen LogP contribution in [0.4, 0.5) is 14.9 Å². The van der Waals surface area contributed by atoms with Crippen molar-refractivity contribution in [3.05, 3.63) is 59.4 Å². The van der Waals surface area contributed by atoms with Gasteiger partial charge < -0.3 is 20.2 Å². The lowest BCUT2D eigenvalue weighted by Gasteiger charge is -2.14. The summed E-state index contributed by atoms with van der Waals surface area (Å²) in [6, 6.07) is 10.6. The number of ether oxygens (including phenoxy) is 2. The molecule has 0 bridgehead atoms. The standard InChI is InChI=1S/C20H25FN4O4/c1-4-28-19(26)16-8-6-5-7-14(16)12-22-20(27)24-25-23-15-9-10-18(17(21)11-15)29-13(2)3/h5-11,13,23,25H,4,12H2,1-3H3,(H2,22,24,27). The molecule has 29 heavy (non-hydrogen) atoms. The fourth-order valence-electron chi connectivity index (χ4n) is 2.39. The summed E-state index contributed by atoms with van der Waals surface area (Å²) in [5.41, 5.74) is 8.89. The van der Waals surface area contributed by atoms with E-state index in [4.69, 9.17) is 9.47 Å². The third-order valence-corrected chi connectivity index (χ3v) is 3.63. The van der Waals surface area contributed by atoms with Crippen molar-refractivity contribution in [1.82, 2.24) is 16.3 Å². The molecule has 0 aliphatic carbocycles. The number of esters is 1. The largest absolute Gasteiger partial charge is 0.488 e. The van der Waals surface area contributed by atoms with Crippen molar-refractivity contribution in [2.24, 2.45) is 0 Å². The van der Waals surface area contributed by atoms with Gasteiger partial charge in [0.05, 0.1) is 24.0 Å². The van der Waals surface area contributed by atoms with Crippen LogP contribution in [-0.2, 0) is 11.3 Å². The van der Waals surface area contributed by atoms with Gasteiger partial charge in [-0.2, -0.15) is 0 Å². The molecule has 2 rings (SSSR count). The summed E-state index contributed by atoms with van der Waals surface area (Å²) in [5, 5.41) is 2.61. The van der Waals surface area contributed by atoms with Crippen LogP contribution in [0.5, 0.6) is 5.75 Å². The average Bonchev–Trinajstić information content (AvgIpc) is 2.68. The molecule has 4 N–H and O–H groups in total. The number of halogens is 1. The first-order valence-electron chi connectivity index (χ1n) is 9.16. The molecule has 2 aromatic rings. The van der Waals surface area contributed by atoms with Crippen LogP contribution in [0.1, 0.15) is 36.7 Å². The van der Waals surface area contributed by atoms with Crippen LogP contribution in [0.3, 0.4) is 0 Å². The maximum Gasteiger partial charge on any atom is 0.338 e. The number of benzene rings is 2. The number of hydrogen-bond acceptors (Lipinski definition) is 6. The van der Waals surface area contributed by atoms with Crippen LogP contribution in [0, 0.1) is 5.82 Å². The summed E-state index contributed by atoms with van der Waals surface area (Å²) < 4.78 is 24.3. The predicted molar refractivity (Wildman–Crippen MR) is 107 cm³/mol. The van der Waals surface area contributed by atoms with E-state index in [0.717, 1.165) is 0 Å². The Hall–Kier alpha value is -3.33. The zero-order valence-electron chi connectivity index (χ0n) is 16.5. The Kier molecular flexibility index (Phi) is 8.23. The first-order chi connectivity index (χ1) is 13.9. The highest BCUT2D eigenvalue weighted by atomic mass is 19.1. The lowest BCUT2D eigenvalue weighted by molar-refractivity contribution is 0.0525. The summed E-state index contributed by atoms with van der Waals surface area (Å²) >= 11 is 0. The third-order valence-electron chi connectivity index (χ3n) is 3.63. The van der Waals surface area contributed by atoms with Gasteiger partial charge in [-0.3, -0.25) is 5.43 Å². The molecule has 2 amide bonds. The number of urea groups is 1. The van der Waals surface area contributed by atoms with Crippen molar-refractivity contribution in [1.29, 1.82) is 0 Å². The van der Waals surface area contributed by atoms with Crippen LogP contribution >= 0.6 is 0 Å². The summed E-state index contributed by atoms with van der Waals surface area (Å²) in [7, 11) is 0. The molecule has 0 saturated carbocycles. The van der Waals surface area contributed by atoms with Gasteiger partial charge in [-0.1, -0.05) is 18.2 Å². The van der Waals surface area contributed by atoms with Gasteiger partial charge in [0.15, 0.2) is 11.6 Å². The average molecular weight is 404 g/mol. The molecular formula is C20H25FN4O4. The van der Waals surface area contributed by atoms with Crippen molar-refractivity contribution in [3.8, 4) is 5.75 Å². The van der Waals surface area contributed by atoms with Gasteiger partial charge in [0.25, 0.3) is 0 Å². The first-order valence-corrected chi connectivity index (χ1v) is 9.16. The van der Waals surface area contributed by atoms with Gasteiger partial charge in [-0.25, -0.2) is 14.0 Å². The monoisotopic (exact) mass is 404 g/mol. The van der Waals surface area contributed by atoms with E-state index < -0.39 is 17.8 Å². The van der Waals surface area contributed by atoms with Gasteiger partial charge in [-0.05, 0) is 44.5 Å². The van der Waals surface area contributed by atoms with E-state index in [2.05, 4.69) is 21.7 Å². The van der Waals surface area contributed by atoms with Gasteiger partial charge >= 0.3 is 12.0 Å². The van der Waals surface area contributed by atoms with Crippen LogP contribution in [0.2, 0.25) is 0 Å². The van der Waals surface area contributed by atoms with Crippen LogP contribution < -0.4 is 26.4 Å². The Morgan fingerprint density at radius 3 is 2.59 bits per heavy atom. The number of carbonyl (C=O) groups is 2. The van der Waals surface area contributed by atoms with E-state index >= 15 is 0 Å². The Bertz CT molecular complexity index is 845. The number of carbonyl (C=O) groups excluding carboxylic acids is 2. The molecular weight excluding hydrogens is 379 g/mol. The SMILES string of the molecule is CCOC(=O)c1ccccc1CNC(=O)NNNc1ccc(OC(C)C)c(F)c1. The topological polar surface area (TPSA) is 101 Å². The lowest BCUT2D eigenvalue weighted by Crippen LogP contribution is -2.46. The van der Waals surface area contributed by atoms with Crippen molar-refractivity contribution in [2.45, 2.75) is 33.4 Å². The van der Waals surface area contributed by atoms with Crippen LogP contribution in [0.15, 0.2) is 42.5 Å². The summed E-state index contributed by atoms with van der Waals surface area (Å²) in [5.74, 6) is -0.820. The molecule has 0 atom stereocenters. The molecule has 0 spiro atoms. The highest BCUT2D eigenvalue weighted by molar-refractivity contribution is 5.91. The van der Waals surface area contributed by atoms with E-state index in [-0.39, 0.29) is 25.0 Å². The van der Waals surface area contributed by atoms with Gasteiger partial charge in [0.2, 0.25) is 0 Å². The lowest BCUT2D eigenvalue weighted by atomic mass is 10.1. The van der Waals surface area contributed by atoms with Crippen molar-refractivity contribution < 1.29 is 23.5 Å². The van der Waals surface area contributed by atoms with Gasteiger partial charge in [0.1, 0.15) is 0 Å². The number of hydrazine groups is 2. The molecule has 0 heterocycles. The van der Waals surface area contributed by atoms with Crippen molar-refractivity contribution in [2.75, 3.05) is 12.0 Å². The second-order valence-electron chi connectivity index (χ2n) is 6.25. The van der Waals surface area contributed by atoms with E-state index in [1.165, 1.54) is 12.1 Å². The zero-order valence-corrected chi connectivity index (χ0v) is 16.5. The second kappa shape index (κ2) is 10.9. The Morgan fingerprint density at radius 2 is 1.90 bits per heavy atom. The van der Waals surface area contributed by atoms with E-state index in [1.54, 1.807) is 51.1 Å². The maximum atomic E-state index is 13.9. The normalized spacial score (nSPS) is 10.4. The molecule has 0 radical (unpaired) electrons. The highest BCUT2D eigenvalue weighted by Crippen LogP contribution is 2.21. The summed E-state index contributed by atoms with van der Waals surface area (Å²) in [6.45, 7) is 5.73. The highest BCUT2D eigenvalue weighted by Gasteiger charge is 2.12. The smallest absolute Gasteiger partial charge is 0.338 e. The van der Waals surface area contributed by atoms with Crippen molar-refractivity contribution in [3.63, 3.8) is 0 Å². The molecule has 2 aromatic carbocycles. The Labute approximate surface area is 168 Å². The quantitative estimate of drug-likeness (QED) is 0.379. The predicted octanol–water partition coefficient (Wildman–Crippen LogP) is 3.12. The maximum absolute atomic E-state index is 13.9. The van der Waals surface area contributed by atoms with Crippen LogP contribution in [-0.4, -0.2) is 24.7 Å². The minimum Gasteiger partial charge on any atom is -0.488 e. The first kappa shape index (κ1) is 22.0. The fraction of sp³-hybridized carbons (Fsp3) is 0.300. The molecule has 0 saturated heterocycles. The number of nitrogens with one attached hydrogen (secondary N) is 4. The van der Waals surface area contributed by atoms with Crippen LogP contribution in [0.25, 0.3) is 0 Å². The Morgan fingerprint density at radius 1 is 1.14 bits per heavy atom. The molecule has 0 fully saturated rings. The van der Waals surface area contributed by atoms with E-state index in [0.29, 0.717) is 16.8 Å². The molecule has 0 aromatic heterocycles. The van der Waals surface area contributed by atoms with E-state index in [9.17, 15) is 14.0 Å². The minimum atomic E-state index is -0.545. The molecule has 156 valence electrons. The zero-order chi connectivity index (χ0) is 21.2. The number of rotatable bonds is 9.